The van der Waals surface area contributed by atoms with Crippen molar-refractivity contribution in [3.63, 3.8) is 0 Å². The third-order valence-electron chi connectivity index (χ3n) is 3.69. The van der Waals surface area contributed by atoms with Crippen LogP contribution in [0.4, 0.5) is 0 Å². The van der Waals surface area contributed by atoms with E-state index in [2.05, 4.69) is 59.4 Å². The van der Waals surface area contributed by atoms with Gasteiger partial charge in [-0.1, -0.05) is 64.6 Å². The van der Waals surface area contributed by atoms with Gasteiger partial charge in [0.2, 0.25) is 0 Å². The van der Waals surface area contributed by atoms with Gasteiger partial charge < -0.3 is 5.11 Å². The zero-order chi connectivity index (χ0) is 16.9. The SMILES string of the molecule is C=C(/C=C\C=C(/C)c1c(C(C)C)cccc1C(C)C)C(=O)O. The average molecular weight is 298 g/mol. The summed E-state index contributed by atoms with van der Waals surface area (Å²) in [5.74, 6) is -0.113. The number of carboxylic acid groups (broad SMARTS) is 1. The summed E-state index contributed by atoms with van der Waals surface area (Å²) >= 11 is 0. The molecular weight excluding hydrogens is 272 g/mol. The van der Waals surface area contributed by atoms with Gasteiger partial charge in [0.1, 0.15) is 0 Å². The third kappa shape index (κ3) is 4.45. The maximum atomic E-state index is 10.8. The first-order chi connectivity index (χ1) is 10.3. The normalized spacial score (nSPS) is 12.4. The molecule has 0 saturated heterocycles. The summed E-state index contributed by atoms with van der Waals surface area (Å²) in [6.07, 6.45) is 5.24. The van der Waals surface area contributed by atoms with Crippen LogP contribution in [0.1, 0.15) is 63.1 Å². The number of benzene rings is 1. The molecule has 0 aliphatic rings. The molecule has 1 N–H and O–H groups in total. The second-order valence-electron chi connectivity index (χ2n) is 6.16. The highest BCUT2D eigenvalue weighted by molar-refractivity contribution is 5.89. The van der Waals surface area contributed by atoms with E-state index in [0.29, 0.717) is 11.8 Å². The van der Waals surface area contributed by atoms with Gasteiger partial charge in [0, 0.05) is 0 Å². The van der Waals surface area contributed by atoms with E-state index in [0.717, 1.165) is 5.57 Å². The van der Waals surface area contributed by atoms with Crippen LogP contribution in [-0.4, -0.2) is 11.1 Å². The number of hydrogen-bond acceptors (Lipinski definition) is 1. The van der Waals surface area contributed by atoms with E-state index < -0.39 is 5.97 Å². The molecule has 1 aromatic carbocycles. The van der Waals surface area contributed by atoms with Crippen LogP contribution in [0.15, 0.2) is 48.6 Å². The molecule has 0 aliphatic carbocycles. The number of carbonyl (C=O) groups is 1. The molecule has 0 atom stereocenters. The Hall–Kier alpha value is -2.09. The van der Waals surface area contributed by atoms with E-state index >= 15 is 0 Å². The summed E-state index contributed by atoms with van der Waals surface area (Å²) in [5.41, 5.74) is 5.15. The fraction of sp³-hybridized carbons (Fsp3) is 0.350. The quantitative estimate of drug-likeness (QED) is 0.553. The first kappa shape index (κ1) is 18.0. The molecule has 0 saturated carbocycles. The lowest BCUT2D eigenvalue weighted by Gasteiger charge is -2.20. The lowest BCUT2D eigenvalue weighted by molar-refractivity contribution is -0.132. The van der Waals surface area contributed by atoms with Crippen LogP contribution in [0, 0.1) is 0 Å². The Bertz CT molecular complexity index is 590. The lowest BCUT2D eigenvalue weighted by atomic mass is 9.85. The van der Waals surface area contributed by atoms with E-state index in [1.165, 1.54) is 22.8 Å². The Morgan fingerprint density at radius 2 is 1.64 bits per heavy atom. The smallest absolute Gasteiger partial charge is 0.335 e. The molecule has 0 heterocycles. The molecule has 0 spiro atoms. The van der Waals surface area contributed by atoms with Crippen LogP contribution in [0.2, 0.25) is 0 Å². The van der Waals surface area contributed by atoms with Crippen LogP contribution in [0.3, 0.4) is 0 Å². The van der Waals surface area contributed by atoms with Crippen molar-refractivity contribution < 1.29 is 9.90 Å². The summed E-state index contributed by atoms with van der Waals surface area (Å²) in [7, 11) is 0. The van der Waals surface area contributed by atoms with Crippen molar-refractivity contribution in [3.05, 3.63) is 65.3 Å². The summed E-state index contributed by atoms with van der Waals surface area (Å²) in [4.78, 5) is 10.8. The Balaban J connectivity index is 3.28. The molecule has 0 fully saturated rings. The van der Waals surface area contributed by atoms with Crippen molar-refractivity contribution in [1.29, 1.82) is 0 Å². The summed E-state index contributed by atoms with van der Waals surface area (Å²) in [5, 5.41) is 8.83. The van der Waals surface area contributed by atoms with Crippen molar-refractivity contribution >= 4 is 11.5 Å². The molecule has 118 valence electrons. The maximum Gasteiger partial charge on any atom is 0.335 e. The van der Waals surface area contributed by atoms with Gasteiger partial charge in [-0.3, -0.25) is 0 Å². The van der Waals surface area contributed by atoms with Crippen molar-refractivity contribution in [2.45, 2.75) is 46.5 Å². The minimum absolute atomic E-state index is 0.0882. The van der Waals surface area contributed by atoms with Gasteiger partial charge in [-0.05, 0) is 47.1 Å². The number of aliphatic carboxylic acids is 1. The first-order valence-electron chi connectivity index (χ1n) is 7.66. The molecule has 2 heteroatoms. The Morgan fingerprint density at radius 3 is 2.05 bits per heavy atom. The molecule has 0 aromatic heterocycles. The molecule has 1 aromatic rings. The fourth-order valence-corrected chi connectivity index (χ4v) is 2.47. The lowest BCUT2D eigenvalue weighted by Crippen LogP contribution is -2.01. The van der Waals surface area contributed by atoms with Gasteiger partial charge >= 0.3 is 5.97 Å². The number of allylic oxidation sites excluding steroid dienone is 3. The molecule has 1 rings (SSSR count). The standard InChI is InChI=1S/C20H26O2/c1-13(2)17-11-8-12-18(14(3)4)19(17)15(5)9-7-10-16(6)20(21)22/h7-14H,6H2,1-5H3,(H,21,22)/b10-7-,15-9+. The van der Waals surface area contributed by atoms with E-state index in [4.69, 9.17) is 5.11 Å². The summed E-state index contributed by atoms with van der Waals surface area (Å²) in [6, 6.07) is 6.45. The van der Waals surface area contributed by atoms with Crippen LogP contribution in [-0.2, 0) is 4.79 Å². The van der Waals surface area contributed by atoms with Crippen molar-refractivity contribution in [1.82, 2.24) is 0 Å². The predicted octanol–water partition coefficient (Wildman–Crippen LogP) is 5.53. The zero-order valence-corrected chi connectivity index (χ0v) is 14.2. The van der Waals surface area contributed by atoms with E-state index in [1.54, 1.807) is 6.08 Å². The van der Waals surface area contributed by atoms with Gasteiger partial charge in [0.15, 0.2) is 0 Å². The van der Waals surface area contributed by atoms with Gasteiger partial charge in [-0.25, -0.2) is 4.79 Å². The topological polar surface area (TPSA) is 37.3 Å². The van der Waals surface area contributed by atoms with E-state index in [-0.39, 0.29) is 5.57 Å². The summed E-state index contributed by atoms with van der Waals surface area (Å²) in [6.45, 7) is 14.3. The number of hydrogen-bond donors (Lipinski definition) is 1. The van der Waals surface area contributed by atoms with Crippen molar-refractivity contribution in [2.24, 2.45) is 0 Å². The Kier molecular flexibility index (Phi) is 6.36. The molecule has 0 amide bonds. The number of carboxylic acids is 1. The zero-order valence-electron chi connectivity index (χ0n) is 14.2. The van der Waals surface area contributed by atoms with E-state index in [1.807, 2.05) is 6.08 Å². The van der Waals surface area contributed by atoms with Gasteiger partial charge in [0.25, 0.3) is 0 Å². The first-order valence-corrected chi connectivity index (χ1v) is 7.66. The van der Waals surface area contributed by atoms with Crippen molar-refractivity contribution in [2.75, 3.05) is 0 Å². The average Bonchev–Trinajstić information content (AvgIpc) is 2.45. The second-order valence-corrected chi connectivity index (χ2v) is 6.16. The molecule has 0 unspecified atom stereocenters. The summed E-state index contributed by atoms with van der Waals surface area (Å²) < 4.78 is 0. The van der Waals surface area contributed by atoms with Crippen LogP contribution in [0.25, 0.3) is 5.57 Å². The monoisotopic (exact) mass is 298 g/mol. The van der Waals surface area contributed by atoms with E-state index in [9.17, 15) is 4.79 Å². The highest BCUT2D eigenvalue weighted by Crippen LogP contribution is 2.32. The maximum absolute atomic E-state index is 10.8. The van der Waals surface area contributed by atoms with Crippen molar-refractivity contribution in [3.8, 4) is 0 Å². The predicted molar refractivity (Wildman–Crippen MR) is 94.2 cm³/mol. The molecule has 0 bridgehead atoms. The minimum Gasteiger partial charge on any atom is -0.478 e. The third-order valence-corrected chi connectivity index (χ3v) is 3.69. The highest BCUT2D eigenvalue weighted by Gasteiger charge is 2.14. The minimum atomic E-state index is -0.993. The van der Waals surface area contributed by atoms with Gasteiger partial charge in [-0.15, -0.1) is 0 Å². The van der Waals surface area contributed by atoms with Gasteiger partial charge in [0.05, 0.1) is 5.57 Å². The van der Waals surface area contributed by atoms with Gasteiger partial charge in [-0.2, -0.15) is 0 Å². The second kappa shape index (κ2) is 7.79. The van der Waals surface area contributed by atoms with Crippen LogP contribution in [0.5, 0.6) is 0 Å². The van der Waals surface area contributed by atoms with Crippen LogP contribution >= 0.6 is 0 Å². The Morgan fingerprint density at radius 1 is 1.14 bits per heavy atom. The molecule has 0 aliphatic heterocycles. The largest absolute Gasteiger partial charge is 0.478 e. The Labute approximate surface area is 133 Å². The molecule has 0 radical (unpaired) electrons. The fourth-order valence-electron chi connectivity index (χ4n) is 2.47. The molecule has 2 nitrogen and oxygen atoms in total. The van der Waals surface area contributed by atoms with Crippen LogP contribution < -0.4 is 0 Å². The highest BCUT2D eigenvalue weighted by atomic mass is 16.4. The number of rotatable bonds is 6. The molecule has 22 heavy (non-hydrogen) atoms. The molecular formula is C20H26O2.